The second kappa shape index (κ2) is 3.64. The van der Waals surface area contributed by atoms with Crippen LogP contribution in [0.25, 0.3) is 0 Å². The van der Waals surface area contributed by atoms with Crippen molar-refractivity contribution in [3.05, 3.63) is 0 Å². The van der Waals surface area contributed by atoms with E-state index in [1.165, 1.54) is 0 Å². The molecule has 0 bridgehead atoms. The first-order valence-electron chi connectivity index (χ1n) is 4.25. The van der Waals surface area contributed by atoms with E-state index < -0.39 is 12.3 Å². The Morgan fingerprint density at radius 3 is 2.17 bits per heavy atom. The highest BCUT2D eigenvalue weighted by molar-refractivity contribution is 4.74. The molecule has 0 spiro atoms. The molecule has 0 amide bonds. The third-order valence-corrected chi connectivity index (χ3v) is 2.41. The summed E-state index contributed by atoms with van der Waals surface area (Å²) in [5.41, 5.74) is 0. The van der Waals surface area contributed by atoms with E-state index in [9.17, 15) is 13.2 Å². The van der Waals surface area contributed by atoms with E-state index in [1.807, 2.05) is 0 Å². The monoisotopic (exact) mass is 182 g/mol. The summed E-state index contributed by atoms with van der Waals surface area (Å²) in [6.07, 6.45) is -2.95. The van der Waals surface area contributed by atoms with Crippen LogP contribution in [-0.2, 0) is 0 Å². The minimum absolute atomic E-state index is 0.0848. The summed E-state index contributed by atoms with van der Waals surface area (Å²) in [5, 5.41) is 8.72. The molecule has 0 unspecified atom stereocenters. The van der Waals surface area contributed by atoms with Gasteiger partial charge in [0.1, 0.15) is 6.10 Å². The molecular weight excluding hydrogens is 169 g/mol. The topological polar surface area (TPSA) is 20.2 Å². The van der Waals surface area contributed by atoms with E-state index in [1.54, 1.807) is 0 Å². The van der Waals surface area contributed by atoms with Crippen LogP contribution in [0.1, 0.15) is 32.1 Å². The molecule has 12 heavy (non-hydrogen) atoms. The fraction of sp³-hybridized carbons (Fsp3) is 1.00. The van der Waals surface area contributed by atoms with Crippen molar-refractivity contribution in [2.24, 2.45) is 5.92 Å². The highest BCUT2D eigenvalue weighted by Crippen LogP contribution is 2.33. The molecule has 0 heterocycles. The number of hydrogen-bond acceptors (Lipinski definition) is 1. The van der Waals surface area contributed by atoms with Crippen molar-refractivity contribution in [3.8, 4) is 0 Å². The van der Waals surface area contributed by atoms with Gasteiger partial charge in [0.05, 0.1) is 0 Å². The highest BCUT2D eigenvalue weighted by atomic mass is 19.4. The highest BCUT2D eigenvalue weighted by Gasteiger charge is 2.39. The second-order valence-electron chi connectivity index (χ2n) is 3.44. The van der Waals surface area contributed by atoms with E-state index in [0.29, 0.717) is 0 Å². The summed E-state index contributed by atoms with van der Waals surface area (Å²) in [5.74, 6) is 0.0848. The summed E-state index contributed by atoms with van der Waals surface area (Å²) in [4.78, 5) is 0. The standard InChI is InChI=1S/C8H13F3O/c9-8(10,11)7(12)5-6-3-1-2-4-6/h6-7,12H,1-5H2/t7-/m0/s1. The smallest absolute Gasteiger partial charge is 0.384 e. The SMILES string of the molecule is O[C@@H](CC1CCCC1)C(F)(F)F. The first-order valence-corrected chi connectivity index (χ1v) is 4.25. The van der Waals surface area contributed by atoms with Gasteiger partial charge in [-0.05, 0) is 12.3 Å². The third-order valence-electron chi connectivity index (χ3n) is 2.41. The van der Waals surface area contributed by atoms with Crippen molar-refractivity contribution in [2.75, 3.05) is 0 Å². The molecule has 1 saturated carbocycles. The van der Waals surface area contributed by atoms with Gasteiger partial charge in [-0.2, -0.15) is 13.2 Å². The normalized spacial score (nSPS) is 23.0. The van der Waals surface area contributed by atoms with Crippen molar-refractivity contribution in [2.45, 2.75) is 44.4 Å². The molecule has 0 radical (unpaired) electrons. The quantitative estimate of drug-likeness (QED) is 0.695. The Bertz CT molecular complexity index is 138. The molecule has 0 aromatic rings. The molecule has 1 rings (SSSR count). The van der Waals surface area contributed by atoms with Crippen LogP contribution >= 0.6 is 0 Å². The number of halogens is 3. The first-order chi connectivity index (χ1) is 5.50. The minimum atomic E-state index is -4.43. The predicted molar refractivity (Wildman–Crippen MR) is 38.6 cm³/mol. The molecule has 1 aliphatic carbocycles. The Morgan fingerprint density at radius 1 is 1.25 bits per heavy atom. The van der Waals surface area contributed by atoms with Gasteiger partial charge in [0.15, 0.2) is 0 Å². The zero-order chi connectivity index (χ0) is 9.19. The van der Waals surface area contributed by atoms with Crippen LogP contribution in [0.4, 0.5) is 13.2 Å². The maximum absolute atomic E-state index is 11.9. The van der Waals surface area contributed by atoms with Gasteiger partial charge in [-0.15, -0.1) is 0 Å². The average Bonchev–Trinajstić information content (AvgIpc) is 2.37. The largest absolute Gasteiger partial charge is 0.414 e. The fourth-order valence-electron chi connectivity index (χ4n) is 1.70. The molecule has 0 aromatic heterocycles. The van der Waals surface area contributed by atoms with Crippen LogP contribution < -0.4 is 0 Å². The minimum Gasteiger partial charge on any atom is -0.384 e. The summed E-state index contributed by atoms with van der Waals surface area (Å²) in [6, 6.07) is 0. The molecule has 1 atom stereocenters. The molecule has 1 N–H and O–H groups in total. The van der Waals surface area contributed by atoms with Crippen LogP contribution in [0.2, 0.25) is 0 Å². The van der Waals surface area contributed by atoms with Gasteiger partial charge < -0.3 is 5.11 Å². The zero-order valence-corrected chi connectivity index (χ0v) is 6.77. The predicted octanol–water partition coefficient (Wildman–Crippen LogP) is 2.49. The van der Waals surface area contributed by atoms with Gasteiger partial charge in [-0.25, -0.2) is 0 Å². The van der Waals surface area contributed by atoms with Gasteiger partial charge in [0, 0.05) is 0 Å². The van der Waals surface area contributed by atoms with Gasteiger partial charge in [0.25, 0.3) is 0 Å². The van der Waals surface area contributed by atoms with Gasteiger partial charge >= 0.3 is 6.18 Å². The molecule has 0 saturated heterocycles. The number of rotatable bonds is 2. The summed E-state index contributed by atoms with van der Waals surface area (Å²) in [7, 11) is 0. The Balaban J connectivity index is 2.30. The molecule has 72 valence electrons. The molecule has 0 aromatic carbocycles. The third kappa shape index (κ3) is 2.66. The van der Waals surface area contributed by atoms with Gasteiger partial charge in [-0.1, -0.05) is 25.7 Å². The number of alkyl halides is 3. The van der Waals surface area contributed by atoms with E-state index >= 15 is 0 Å². The van der Waals surface area contributed by atoms with Gasteiger partial charge in [-0.3, -0.25) is 0 Å². The number of aliphatic hydroxyl groups excluding tert-OH is 1. The molecular formula is C8H13F3O. The number of aliphatic hydroxyl groups is 1. The second-order valence-corrected chi connectivity index (χ2v) is 3.44. The van der Waals surface area contributed by atoms with E-state index in [0.717, 1.165) is 25.7 Å². The molecule has 1 aliphatic rings. The van der Waals surface area contributed by atoms with Crippen molar-refractivity contribution < 1.29 is 18.3 Å². The first kappa shape index (κ1) is 9.84. The molecule has 1 nitrogen and oxygen atoms in total. The molecule has 1 fully saturated rings. The lowest BCUT2D eigenvalue weighted by atomic mass is 10.00. The Morgan fingerprint density at radius 2 is 1.75 bits per heavy atom. The fourth-order valence-corrected chi connectivity index (χ4v) is 1.70. The maximum atomic E-state index is 11.9. The lowest BCUT2D eigenvalue weighted by molar-refractivity contribution is -0.208. The van der Waals surface area contributed by atoms with E-state index in [2.05, 4.69) is 0 Å². The van der Waals surface area contributed by atoms with Crippen LogP contribution in [-0.4, -0.2) is 17.4 Å². The molecule has 0 aliphatic heterocycles. The van der Waals surface area contributed by atoms with Crippen molar-refractivity contribution in [1.82, 2.24) is 0 Å². The Hall–Kier alpha value is -0.250. The average molecular weight is 182 g/mol. The van der Waals surface area contributed by atoms with Crippen molar-refractivity contribution >= 4 is 0 Å². The van der Waals surface area contributed by atoms with Crippen molar-refractivity contribution in [3.63, 3.8) is 0 Å². The number of hydrogen-bond donors (Lipinski definition) is 1. The Kier molecular flexibility index (Phi) is 2.99. The van der Waals surface area contributed by atoms with Crippen LogP contribution in [0, 0.1) is 5.92 Å². The van der Waals surface area contributed by atoms with Crippen LogP contribution in [0.3, 0.4) is 0 Å². The van der Waals surface area contributed by atoms with Crippen LogP contribution in [0.15, 0.2) is 0 Å². The van der Waals surface area contributed by atoms with E-state index in [4.69, 9.17) is 5.11 Å². The van der Waals surface area contributed by atoms with Crippen LogP contribution in [0.5, 0.6) is 0 Å². The lowest BCUT2D eigenvalue weighted by Gasteiger charge is -2.17. The maximum Gasteiger partial charge on any atom is 0.414 e. The zero-order valence-electron chi connectivity index (χ0n) is 6.77. The lowest BCUT2D eigenvalue weighted by Crippen LogP contribution is -2.30. The molecule has 4 heteroatoms. The Labute approximate surface area is 69.6 Å². The summed E-state index contributed by atoms with van der Waals surface area (Å²) in [6.45, 7) is 0. The summed E-state index contributed by atoms with van der Waals surface area (Å²) >= 11 is 0. The van der Waals surface area contributed by atoms with E-state index in [-0.39, 0.29) is 12.3 Å². The van der Waals surface area contributed by atoms with Crippen molar-refractivity contribution in [1.29, 1.82) is 0 Å². The van der Waals surface area contributed by atoms with Gasteiger partial charge in [0.2, 0.25) is 0 Å². The summed E-state index contributed by atoms with van der Waals surface area (Å²) < 4.78 is 35.6.